The van der Waals surface area contributed by atoms with Gasteiger partial charge in [-0.2, -0.15) is 0 Å². The molecule has 74 valence electrons. The smallest absolute Gasteiger partial charge is 0.133 e. The molecule has 3 unspecified atom stereocenters. The maximum absolute atomic E-state index is 11.4. The van der Waals surface area contributed by atoms with Gasteiger partial charge in [0.2, 0.25) is 0 Å². The SMILES string of the molecule is CC(C)C1CCC2CC(=O)CC1C2. The van der Waals surface area contributed by atoms with Gasteiger partial charge in [-0.3, -0.25) is 4.79 Å². The van der Waals surface area contributed by atoms with Gasteiger partial charge < -0.3 is 0 Å². The maximum atomic E-state index is 11.4. The van der Waals surface area contributed by atoms with Crippen molar-refractivity contribution in [1.29, 1.82) is 0 Å². The van der Waals surface area contributed by atoms with Crippen molar-refractivity contribution >= 4 is 5.78 Å². The Hall–Kier alpha value is -0.330. The molecule has 0 heterocycles. The molecule has 0 spiro atoms. The minimum atomic E-state index is 0.534. The van der Waals surface area contributed by atoms with E-state index in [9.17, 15) is 4.79 Å². The number of rotatable bonds is 1. The molecule has 1 nitrogen and oxygen atoms in total. The maximum Gasteiger partial charge on any atom is 0.133 e. The van der Waals surface area contributed by atoms with Gasteiger partial charge in [0.15, 0.2) is 0 Å². The molecule has 0 aromatic heterocycles. The molecule has 3 atom stereocenters. The van der Waals surface area contributed by atoms with Gasteiger partial charge in [-0.15, -0.1) is 0 Å². The predicted molar refractivity (Wildman–Crippen MR) is 53.4 cm³/mol. The van der Waals surface area contributed by atoms with E-state index in [0.29, 0.717) is 5.78 Å². The van der Waals surface area contributed by atoms with Crippen LogP contribution in [0.15, 0.2) is 0 Å². The first kappa shape index (κ1) is 9.23. The van der Waals surface area contributed by atoms with E-state index < -0.39 is 0 Å². The lowest BCUT2D eigenvalue weighted by molar-refractivity contribution is -0.125. The molecule has 2 bridgehead atoms. The van der Waals surface area contributed by atoms with Gasteiger partial charge >= 0.3 is 0 Å². The molecule has 0 aromatic carbocycles. The Balaban J connectivity index is 2.06. The molecular formula is C12H20O. The van der Waals surface area contributed by atoms with E-state index in [1.807, 2.05) is 0 Å². The van der Waals surface area contributed by atoms with Gasteiger partial charge in [-0.05, 0) is 42.9 Å². The number of carbonyl (C=O) groups excluding carboxylic acids is 1. The van der Waals surface area contributed by atoms with E-state index in [1.165, 1.54) is 19.3 Å². The zero-order chi connectivity index (χ0) is 9.42. The number of Topliss-reactive ketones (excluding diaryl/α,β-unsaturated/α-hetero) is 1. The average molecular weight is 180 g/mol. The van der Waals surface area contributed by atoms with Crippen molar-refractivity contribution in [3.05, 3.63) is 0 Å². The molecule has 2 fully saturated rings. The van der Waals surface area contributed by atoms with Crippen molar-refractivity contribution in [2.45, 2.75) is 46.0 Å². The third-order valence-electron chi connectivity index (χ3n) is 4.01. The first-order valence-electron chi connectivity index (χ1n) is 5.68. The summed E-state index contributed by atoms with van der Waals surface area (Å²) in [5.41, 5.74) is 0. The lowest BCUT2D eigenvalue weighted by Crippen LogP contribution is -2.35. The fourth-order valence-electron chi connectivity index (χ4n) is 3.38. The zero-order valence-electron chi connectivity index (χ0n) is 8.75. The lowest BCUT2D eigenvalue weighted by Gasteiger charge is -2.41. The van der Waals surface area contributed by atoms with E-state index in [1.54, 1.807) is 0 Å². The molecule has 2 aliphatic rings. The topological polar surface area (TPSA) is 17.1 Å². The van der Waals surface area contributed by atoms with Gasteiger partial charge in [-0.1, -0.05) is 13.8 Å². The number of fused-ring (bicyclic) bond motifs is 2. The Morgan fingerprint density at radius 3 is 2.69 bits per heavy atom. The largest absolute Gasteiger partial charge is 0.300 e. The van der Waals surface area contributed by atoms with E-state index in [2.05, 4.69) is 13.8 Å². The average Bonchev–Trinajstić information content (AvgIpc) is 2.02. The number of ketones is 1. The first-order valence-corrected chi connectivity index (χ1v) is 5.68. The Kier molecular flexibility index (Phi) is 2.44. The fourth-order valence-corrected chi connectivity index (χ4v) is 3.38. The lowest BCUT2D eigenvalue weighted by atomic mass is 9.63. The minimum Gasteiger partial charge on any atom is -0.300 e. The first-order chi connectivity index (χ1) is 6.16. The van der Waals surface area contributed by atoms with Crippen LogP contribution in [0.4, 0.5) is 0 Å². The highest BCUT2D eigenvalue weighted by Gasteiger charge is 2.37. The molecule has 13 heavy (non-hydrogen) atoms. The van der Waals surface area contributed by atoms with Crippen LogP contribution in [0.25, 0.3) is 0 Å². The van der Waals surface area contributed by atoms with Gasteiger partial charge in [0.1, 0.15) is 5.78 Å². The second-order valence-electron chi connectivity index (χ2n) is 5.29. The number of hydrogen-bond donors (Lipinski definition) is 0. The van der Waals surface area contributed by atoms with Crippen molar-refractivity contribution < 1.29 is 4.79 Å². The monoisotopic (exact) mass is 180 g/mol. The molecule has 0 N–H and O–H groups in total. The van der Waals surface area contributed by atoms with Crippen molar-refractivity contribution in [3.63, 3.8) is 0 Å². The highest BCUT2D eigenvalue weighted by atomic mass is 16.1. The highest BCUT2D eigenvalue weighted by Crippen LogP contribution is 2.44. The van der Waals surface area contributed by atoms with Gasteiger partial charge in [-0.25, -0.2) is 0 Å². The van der Waals surface area contributed by atoms with Crippen LogP contribution >= 0.6 is 0 Å². The summed E-state index contributed by atoms with van der Waals surface area (Å²) < 4.78 is 0. The second-order valence-corrected chi connectivity index (χ2v) is 5.29. The molecule has 2 saturated carbocycles. The van der Waals surface area contributed by atoms with Crippen LogP contribution in [0.2, 0.25) is 0 Å². The van der Waals surface area contributed by atoms with E-state index in [4.69, 9.17) is 0 Å². The second kappa shape index (κ2) is 3.43. The molecular weight excluding hydrogens is 160 g/mol. The Labute approximate surface area is 80.9 Å². The summed E-state index contributed by atoms with van der Waals surface area (Å²) in [6.07, 6.45) is 5.81. The van der Waals surface area contributed by atoms with Crippen LogP contribution in [0.5, 0.6) is 0 Å². The van der Waals surface area contributed by atoms with Crippen molar-refractivity contribution in [2.75, 3.05) is 0 Å². The molecule has 0 aliphatic heterocycles. The summed E-state index contributed by atoms with van der Waals surface area (Å²) in [4.78, 5) is 11.4. The standard InChI is InChI=1S/C12H20O/c1-8(2)12-4-3-9-5-10(12)7-11(13)6-9/h8-10,12H,3-7H2,1-2H3. The van der Waals surface area contributed by atoms with Crippen LogP contribution in [0.1, 0.15) is 46.0 Å². The quantitative estimate of drug-likeness (QED) is 0.606. The molecule has 0 saturated heterocycles. The van der Waals surface area contributed by atoms with E-state index >= 15 is 0 Å². The fraction of sp³-hybridized carbons (Fsp3) is 0.917. The van der Waals surface area contributed by atoms with Crippen molar-refractivity contribution in [3.8, 4) is 0 Å². The molecule has 1 heteroatoms. The third-order valence-corrected chi connectivity index (χ3v) is 4.01. The number of carbonyl (C=O) groups is 1. The van der Waals surface area contributed by atoms with Gasteiger partial charge in [0, 0.05) is 12.8 Å². The molecule has 0 radical (unpaired) electrons. The molecule has 2 aliphatic carbocycles. The molecule has 0 aromatic rings. The van der Waals surface area contributed by atoms with Crippen LogP contribution in [-0.2, 0) is 4.79 Å². The van der Waals surface area contributed by atoms with E-state index in [-0.39, 0.29) is 0 Å². The summed E-state index contributed by atoms with van der Waals surface area (Å²) in [7, 11) is 0. The third kappa shape index (κ3) is 1.79. The predicted octanol–water partition coefficient (Wildman–Crippen LogP) is 3.04. The molecule has 0 amide bonds. The van der Waals surface area contributed by atoms with Gasteiger partial charge in [0.25, 0.3) is 0 Å². The molecule has 2 rings (SSSR count). The van der Waals surface area contributed by atoms with Crippen LogP contribution in [0.3, 0.4) is 0 Å². The van der Waals surface area contributed by atoms with Crippen LogP contribution in [-0.4, -0.2) is 5.78 Å². The normalized spacial score (nSPS) is 39.6. The van der Waals surface area contributed by atoms with E-state index in [0.717, 1.165) is 36.5 Å². The summed E-state index contributed by atoms with van der Waals surface area (Å²) in [5, 5.41) is 0. The Morgan fingerprint density at radius 2 is 2.00 bits per heavy atom. The summed E-state index contributed by atoms with van der Waals surface area (Å²) in [5.74, 6) is 3.63. The Morgan fingerprint density at radius 1 is 1.23 bits per heavy atom. The van der Waals surface area contributed by atoms with Crippen LogP contribution in [0, 0.1) is 23.7 Å². The van der Waals surface area contributed by atoms with Gasteiger partial charge in [0.05, 0.1) is 0 Å². The van der Waals surface area contributed by atoms with Crippen LogP contribution < -0.4 is 0 Å². The summed E-state index contributed by atoms with van der Waals surface area (Å²) >= 11 is 0. The Bertz CT molecular complexity index is 207. The highest BCUT2D eigenvalue weighted by molar-refractivity contribution is 5.79. The summed E-state index contributed by atoms with van der Waals surface area (Å²) in [6, 6.07) is 0. The van der Waals surface area contributed by atoms with Crippen molar-refractivity contribution in [1.82, 2.24) is 0 Å². The number of hydrogen-bond acceptors (Lipinski definition) is 1. The van der Waals surface area contributed by atoms with Crippen molar-refractivity contribution in [2.24, 2.45) is 23.7 Å². The summed E-state index contributed by atoms with van der Waals surface area (Å²) in [6.45, 7) is 4.62. The minimum absolute atomic E-state index is 0.534. The zero-order valence-corrected chi connectivity index (χ0v) is 8.75.